The predicted octanol–water partition coefficient (Wildman–Crippen LogP) is 2.96. The molecule has 0 spiro atoms. The van der Waals surface area contributed by atoms with Gasteiger partial charge >= 0.3 is 0 Å². The summed E-state index contributed by atoms with van der Waals surface area (Å²) >= 11 is 0. The number of para-hydroxylation sites is 1. The molecule has 0 aromatic heterocycles. The number of ether oxygens (including phenoxy) is 2. The third kappa shape index (κ3) is 7.68. The highest BCUT2D eigenvalue weighted by Crippen LogP contribution is 2.28. The first-order chi connectivity index (χ1) is 12.9. The minimum absolute atomic E-state index is 0.106. The van der Waals surface area contributed by atoms with Crippen LogP contribution in [0.1, 0.15) is 26.3 Å². The van der Waals surface area contributed by atoms with Gasteiger partial charge in [0.05, 0.1) is 12.2 Å². The second-order valence-electron chi connectivity index (χ2n) is 6.83. The van der Waals surface area contributed by atoms with Crippen LogP contribution in [0.4, 0.5) is 5.69 Å². The Morgan fingerprint density at radius 1 is 1.07 bits per heavy atom. The van der Waals surface area contributed by atoms with E-state index in [-0.39, 0.29) is 12.5 Å². The minimum atomic E-state index is -0.766. The Morgan fingerprint density at radius 2 is 1.81 bits per heavy atom. The minimum Gasteiger partial charge on any atom is -0.490 e. The summed E-state index contributed by atoms with van der Waals surface area (Å²) in [6.07, 6.45) is 0. The molecule has 2 rings (SSSR count). The largest absolute Gasteiger partial charge is 0.490 e. The van der Waals surface area contributed by atoms with Crippen molar-refractivity contribution in [2.75, 3.05) is 25.1 Å². The molecule has 0 atom stereocenters. The van der Waals surface area contributed by atoms with Crippen molar-refractivity contribution >= 4 is 11.6 Å². The normalized spacial score (nSPS) is 11.1. The molecular formula is C21H28N2O4. The Hall–Kier alpha value is -2.57. The second kappa shape index (κ2) is 9.94. The van der Waals surface area contributed by atoms with E-state index in [1.54, 1.807) is 19.9 Å². The molecule has 0 fully saturated rings. The van der Waals surface area contributed by atoms with Gasteiger partial charge in [0, 0.05) is 18.8 Å². The van der Waals surface area contributed by atoms with E-state index in [9.17, 15) is 9.90 Å². The van der Waals surface area contributed by atoms with Crippen molar-refractivity contribution in [2.24, 2.45) is 0 Å². The number of benzene rings is 2. The molecule has 0 bridgehead atoms. The summed E-state index contributed by atoms with van der Waals surface area (Å²) in [5.41, 5.74) is 0.964. The van der Waals surface area contributed by atoms with Gasteiger partial charge in [-0.2, -0.15) is 0 Å². The third-order valence-corrected chi connectivity index (χ3v) is 3.61. The number of hydrogen-bond donors (Lipinski definition) is 3. The molecule has 0 radical (unpaired) electrons. The zero-order valence-electron chi connectivity index (χ0n) is 16.1. The summed E-state index contributed by atoms with van der Waals surface area (Å²) in [4.78, 5) is 12.0. The van der Waals surface area contributed by atoms with E-state index in [0.29, 0.717) is 31.2 Å². The SMILES string of the molecule is CCOc1cc(CNCC(C)(C)O)ccc1OCC(=O)Nc1ccccc1. The molecule has 0 saturated carbocycles. The van der Waals surface area contributed by atoms with E-state index in [4.69, 9.17) is 9.47 Å². The van der Waals surface area contributed by atoms with Gasteiger partial charge in [-0.3, -0.25) is 4.79 Å². The number of nitrogens with one attached hydrogen (secondary N) is 2. The number of amides is 1. The molecule has 0 heterocycles. The average molecular weight is 372 g/mol. The quantitative estimate of drug-likeness (QED) is 0.598. The molecule has 27 heavy (non-hydrogen) atoms. The number of rotatable bonds is 10. The van der Waals surface area contributed by atoms with E-state index < -0.39 is 5.60 Å². The first-order valence-electron chi connectivity index (χ1n) is 9.04. The fourth-order valence-corrected chi connectivity index (χ4v) is 2.42. The lowest BCUT2D eigenvalue weighted by Gasteiger charge is -2.18. The number of anilines is 1. The van der Waals surface area contributed by atoms with Crippen molar-refractivity contribution in [1.82, 2.24) is 5.32 Å². The number of hydrogen-bond acceptors (Lipinski definition) is 5. The molecule has 6 heteroatoms. The summed E-state index contributed by atoms with van der Waals surface area (Å²) < 4.78 is 11.3. The van der Waals surface area contributed by atoms with Crippen LogP contribution < -0.4 is 20.1 Å². The molecule has 0 aliphatic heterocycles. The van der Waals surface area contributed by atoms with Crippen LogP contribution in [0.2, 0.25) is 0 Å². The third-order valence-electron chi connectivity index (χ3n) is 3.61. The monoisotopic (exact) mass is 372 g/mol. The molecule has 0 saturated heterocycles. The number of carbonyl (C=O) groups is 1. The molecule has 0 aliphatic rings. The molecule has 3 N–H and O–H groups in total. The van der Waals surface area contributed by atoms with Crippen LogP contribution >= 0.6 is 0 Å². The second-order valence-corrected chi connectivity index (χ2v) is 6.83. The maximum atomic E-state index is 12.0. The van der Waals surface area contributed by atoms with Gasteiger partial charge in [0.25, 0.3) is 5.91 Å². The summed E-state index contributed by atoms with van der Waals surface area (Å²) in [6, 6.07) is 14.8. The molecule has 2 aromatic rings. The van der Waals surface area contributed by atoms with E-state index >= 15 is 0 Å². The lowest BCUT2D eigenvalue weighted by molar-refractivity contribution is -0.118. The van der Waals surface area contributed by atoms with E-state index in [2.05, 4.69) is 10.6 Å². The van der Waals surface area contributed by atoms with Crippen molar-refractivity contribution in [3.8, 4) is 11.5 Å². The van der Waals surface area contributed by atoms with Crippen molar-refractivity contribution in [3.05, 3.63) is 54.1 Å². The highest BCUT2D eigenvalue weighted by Gasteiger charge is 2.13. The lowest BCUT2D eigenvalue weighted by atomic mass is 10.1. The van der Waals surface area contributed by atoms with Gasteiger partial charge in [-0.05, 0) is 50.6 Å². The summed E-state index contributed by atoms with van der Waals surface area (Å²) in [5, 5.41) is 15.7. The lowest BCUT2D eigenvalue weighted by Crippen LogP contribution is -2.34. The van der Waals surface area contributed by atoms with Crippen LogP contribution in [0.15, 0.2) is 48.5 Å². The smallest absolute Gasteiger partial charge is 0.262 e. The standard InChI is InChI=1S/C21H28N2O4/c1-4-26-19-12-16(13-22-15-21(2,3)25)10-11-18(19)27-14-20(24)23-17-8-6-5-7-9-17/h5-12,22,25H,4,13-15H2,1-3H3,(H,23,24). The number of aliphatic hydroxyl groups is 1. The molecule has 2 aromatic carbocycles. The maximum absolute atomic E-state index is 12.0. The van der Waals surface area contributed by atoms with E-state index in [1.165, 1.54) is 0 Å². The highest BCUT2D eigenvalue weighted by molar-refractivity contribution is 5.91. The maximum Gasteiger partial charge on any atom is 0.262 e. The first-order valence-corrected chi connectivity index (χ1v) is 9.04. The fraction of sp³-hybridized carbons (Fsp3) is 0.381. The molecule has 0 unspecified atom stereocenters. The highest BCUT2D eigenvalue weighted by atomic mass is 16.5. The van der Waals surface area contributed by atoms with E-state index in [0.717, 1.165) is 11.3 Å². The predicted molar refractivity (Wildman–Crippen MR) is 106 cm³/mol. The number of carbonyl (C=O) groups excluding carboxylic acids is 1. The zero-order chi connectivity index (χ0) is 19.7. The van der Waals surface area contributed by atoms with Gasteiger partial charge in [0.1, 0.15) is 0 Å². The average Bonchev–Trinajstić information content (AvgIpc) is 2.61. The molecule has 6 nitrogen and oxygen atoms in total. The topological polar surface area (TPSA) is 79.8 Å². The molecule has 146 valence electrons. The van der Waals surface area contributed by atoms with Crippen molar-refractivity contribution < 1.29 is 19.4 Å². The summed E-state index contributed by atoms with van der Waals surface area (Å²) in [6.45, 7) is 6.86. The fourth-order valence-electron chi connectivity index (χ4n) is 2.42. The van der Waals surface area contributed by atoms with Crippen molar-refractivity contribution in [3.63, 3.8) is 0 Å². The molecular weight excluding hydrogens is 344 g/mol. The van der Waals surface area contributed by atoms with Crippen LogP contribution in [0.5, 0.6) is 11.5 Å². The van der Waals surface area contributed by atoms with Crippen molar-refractivity contribution in [2.45, 2.75) is 32.9 Å². The Morgan fingerprint density at radius 3 is 2.48 bits per heavy atom. The Labute approximate surface area is 160 Å². The zero-order valence-corrected chi connectivity index (χ0v) is 16.1. The molecule has 0 aliphatic carbocycles. The van der Waals surface area contributed by atoms with Crippen LogP contribution in [0, 0.1) is 0 Å². The van der Waals surface area contributed by atoms with Gasteiger partial charge in [0.15, 0.2) is 18.1 Å². The van der Waals surface area contributed by atoms with Crippen LogP contribution in [-0.2, 0) is 11.3 Å². The van der Waals surface area contributed by atoms with Crippen LogP contribution in [0.25, 0.3) is 0 Å². The van der Waals surface area contributed by atoms with E-state index in [1.807, 2.05) is 49.4 Å². The van der Waals surface area contributed by atoms with Crippen molar-refractivity contribution in [1.29, 1.82) is 0 Å². The molecule has 1 amide bonds. The Kier molecular flexibility index (Phi) is 7.64. The van der Waals surface area contributed by atoms with Gasteiger partial charge in [-0.25, -0.2) is 0 Å². The summed E-state index contributed by atoms with van der Waals surface area (Å²) in [5.74, 6) is 0.874. The van der Waals surface area contributed by atoms with Gasteiger partial charge in [-0.15, -0.1) is 0 Å². The van der Waals surface area contributed by atoms with Crippen LogP contribution in [0.3, 0.4) is 0 Å². The van der Waals surface area contributed by atoms with Gasteiger partial charge in [0.2, 0.25) is 0 Å². The Bertz CT molecular complexity index is 727. The van der Waals surface area contributed by atoms with Gasteiger partial charge < -0.3 is 25.2 Å². The first kappa shape index (κ1) is 20.7. The van der Waals surface area contributed by atoms with Crippen LogP contribution in [-0.4, -0.2) is 36.4 Å². The Balaban J connectivity index is 1.93. The summed E-state index contributed by atoms with van der Waals surface area (Å²) in [7, 11) is 0. The van der Waals surface area contributed by atoms with Gasteiger partial charge in [-0.1, -0.05) is 24.3 Å².